The quantitative estimate of drug-likeness (QED) is 0.569. The number of amides is 1. The second-order valence-corrected chi connectivity index (χ2v) is 9.22. The molecule has 0 radical (unpaired) electrons. The van der Waals surface area contributed by atoms with Crippen molar-refractivity contribution in [3.8, 4) is 0 Å². The largest absolute Gasteiger partial charge is 0.341 e. The summed E-state index contributed by atoms with van der Waals surface area (Å²) in [6.45, 7) is 2.64. The minimum Gasteiger partial charge on any atom is -0.341 e. The van der Waals surface area contributed by atoms with Gasteiger partial charge in [0.05, 0.1) is 0 Å². The van der Waals surface area contributed by atoms with Gasteiger partial charge in [-0.05, 0) is 35.7 Å². The predicted octanol–water partition coefficient (Wildman–Crippen LogP) is 3.73. The van der Waals surface area contributed by atoms with Crippen LogP contribution < -0.4 is 0 Å². The van der Waals surface area contributed by atoms with Crippen molar-refractivity contribution in [2.24, 2.45) is 5.92 Å². The molecule has 3 heterocycles. The van der Waals surface area contributed by atoms with Crippen LogP contribution in [-0.2, 0) is 17.9 Å². The van der Waals surface area contributed by atoms with Crippen molar-refractivity contribution in [1.82, 2.24) is 24.6 Å². The van der Waals surface area contributed by atoms with Gasteiger partial charge < -0.3 is 4.90 Å². The third-order valence-electron chi connectivity index (χ3n) is 6.81. The van der Waals surface area contributed by atoms with E-state index in [9.17, 15) is 13.6 Å². The van der Waals surface area contributed by atoms with Crippen LogP contribution in [0.5, 0.6) is 0 Å². The van der Waals surface area contributed by atoms with Gasteiger partial charge in [-0.3, -0.25) is 9.69 Å². The summed E-state index contributed by atoms with van der Waals surface area (Å²) in [5.41, 5.74) is 1.64. The molecule has 6 nitrogen and oxygen atoms in total. The van der Waals surface area contributed by atoms with Gasteiger partial charge in [-0.15, -0.1) is 0 Å². The highest BCUT2D eigenvalue weighted by Gasteiger charge is 2.46. The maximum Gasteiger partial charge on any atom is 0.244 e. The number of carbonyl (C=O) groups is 1. The first-order valence-electron chi connectivity index (χ1n) is 11.0. The van der Waals surface area contributed by atoms with Crippen LogP contribution in [0.1, 0.15) is 23.5 Å². The van der Waals surface area contributed by atoms with Crippen LogP contribution in [-0.4, -0.2) is 56.1 Å². The van der Waals surface area contributed by atoms with E-state index < -0.39 is 11.6 Å². The number of rotatable bonds is 5. The monoisotopic (exact) mass is 471 g/mol. The smallest absolute Gasteiger partial charge is 0.244 e. The molecule has 1 aromatic heterocycles. The number of fused-ring (bicyclic) bond motifs is 1. The number of halogens is 3. The summed E-state index contributed by atoms with van der Waals surface area (Å²) in [6.07, 6.45) is 3.71. The van der Waals surface area contributed by atoms with Crippen LogP contribution in [0.2, 0.25) is 5.02 Å². The molecule has 9 heteroatoms. The number of benzene rings is 2. The number of piperidine rings is 1. The van der Waals surface area contributed by atoms with E-state index in [1.807, 2.05) is 29.2 Å². The molecule has 3 atom stereocenters. The molecule has 1 amide bonds. The first-order chi connectivity index (χ1) is 16.0. The van der Waals surface area contributed by atoms with E-state index in [1.165, 1.54) is 23.4 Å². The van der Waals surface area contributed by atoms with Crippen molar-refractivity contribution in [3.63, 3.8) is 0 Å². The minimum absolute atomic E-state index is 0.0339. The van der Waals surface area contributed by atoms with E-state index in [0.29, 0.717) is 36.8 Å². The Morgan fingerprint density at radius 3 is 2.67 bits per heavy atom. The van der Waals surface area contributed by atoms with Crippen LogP contribution >= 0.6 is 11.6 Å². The molecule has 2 aliphatic rings. The summed E-state index contributed by atoms with van der Waals surface area (Å²) in [5.74, 6) is -1.24. The zero-order chi connectivity index (χ0) is 22.9. The van der Waals surface area contributed by atoms with Crippen LogP contribution in [0.25, 0.3) is 0 Å². The van der Waals surface area contributed by atoms with Crippen molar-refractivity contribution in [3.05, 3.63) is 82.9 Å². The molecular weight excluding hydrogens is 448 g/mol. The lowest BCUT2D eigenvalue weighted by molar-refractivity contribution is -0.134. The van der Waals surface area contributed by atoms with Crippen molar-refractivity contribution < 1.29 is 13.6 Å². The van der Waals surface area contributed by atoms with Gasteiger partial charge in [0.15, 0.2) is 0 Å². The third-order valence-corrected chi connectivity index (χ3v) is 7.07. The Hall–Kier alpha value is -2.84. The van der Waals surface area contributed by atoms with Gasteiger partial charge >= 0.3 is 0 Å². The highest BCUT2D eigenvalue weighted by molar-refractivity contribution is 6.30. The van der Waals surface area contributed by atoms with Crippen molar-refractivity contribution in [2.75, 3.05) is 19.6 Å². The molecule has 0 unspecified atom stereocenters. The second-order valence-electron chi connectivity index (χ2n) is 8.78. The molecule has 0 saturated carbocycles. The van der Waals surface area contributed by atoms with Gasteiger partial charge in [0.2, 0.25) is 5.91 Å². The maximum atomic E-state index is 14.8. The molecule has 2 aromatic carbocycles. The van der Waals surface area contributed by atoms with Gasteiger partial charge in [0.25, 0.3) is 0 Å². The van der Waals surface area contributed by atoms with Gasteiger partial charge in [-0.2, -0.15) is 5.10 Å². The minimum atomic E-state index is -0.586. The van der Waals surface area contributed by atoms with Crippen LogP contribution in [0.3, 0.4) is 0 Å². The summed E-state index contributed by atoms with van der Waals surface area (Å²) >= 11 is 6.04. The normalized spacial score (nSPS) is 23.0. The molecule has 5 rings (SSSR count). The fourth-order valence-electron chi connectivity index (χ4n) is 5.26. The van der Waals surface area contributed by atoms with E-state index >= 15 is 0 Å². The Morgan fingerprint density at radius 2 is 1.94 bits per heavy atom. The molecule has 0 bridgehead atoms. The average Bonchev–Trinajstić information content (AvgIpc) is 3.43. The van der Waals surface area contributed by atoms with Crippen LogP contribution in [0.4, 0.5) is 8.78 Å². The summed E-state index contributed by atoms with van der Waals surface area (Å²) in [4.78, 5) is 21.0. The van der Waals surface area contributed by atoms with E-state index in [0.717, 1.165) is 18.1 Å². The van der Waals surface area contributed by atoms with Crippen molar-refractivity contribution in [1.29, 1.82) is 0 Å². The Labute approximate surface area is 195 Å². The Balaban J connectivity index is 1.39. The molecule has 172 valence electrons. The Bertz CT molecular complexity index is 1120. The zero-order valence-electron chi connectivity index (χ0n) is 17.9. The van der Waals surface area contributed by atoms with E-state index in [-0.39, 0.29) is 30.3 Å². The molecule has 33 heavy (non-hydrogen) atoms. The number of nitrogens with zero attached hydrogens (tertiary/aromatic N) is 5. The zero-order valence-corrected chi connectivity index (χ0v) is 18.7. The molecule has 0 aliphatic carbocycles. The molecule has 2 aliphatic heterocycles. The lowest BCUT2D eigenvalue weighted by Crippen LogP contribution is -2.49. The lowest BCUT2D eigenvalue weighted by Gasteiger charge is -2.39. The Kier molecular flexibility index (Phi) is 6.12. The van der Waals surface area contributed by atoms with Gasteiger partial charge in [0.1, 0.15) is 30.8 Å². The number of carbonyl (C=O) groups excluding carboxylic acids is 1. The van der Waals surface area contributed by atoms with E-state index in [2.05, 4.69) is 15.0 Å². The highest BCUT2D eigenvalue weighted by Crippen LogP contribution is 2.43. The molecule has 3 aromatic rings. The summed E-state index contributed by atoms with van der Waals surface area (Å²) in [5, 5.41) is 4.70. The summed E-state index contributed by atoms with van der Waals surface area (Å²) in [7, 11) is 0. The Morgan fingerprint density at radius 1 is 1.12 bits per heavy atom. The molecule has 2 fully saturated rings. The first-order valence-corrected chi connectivity index (χ1v) is 11.4. The third kappa shape index (κ3) is 4.63. The maximum absolute atomic E-state index is 14.8. The topological polar surface area (TPSA) is 54.3 Å². The summed E-state index contributed by atoms with van der Waals surface area (Å²) < 4.78 is 29.9. The van der Waals surface area contributed by atoms with Crippen molar-refractivity contribution in [2.45, 2.75) is 31.5 Å². The molecule has 2 saturated heterocycles. The van der Waals surface area contributed by atoms with Crippen LogP contribution in [0.15, 0.2) is 55.1 Å². The molecule has 0 N–H and O–H groups in total. The predicted molar refractivity (Wildman–Crippen MR) is 119 cm³/mol. The SMILES string of the molecule is O=C(Cn1cncn1)N1CC[C@@H]2[C@H](C1)[C@@H](c1ccc(F)cc1F)CN2Cc1ccc(Cl)cc1. The van der Waals surface area contributed by atoms with Gasteiger partial charge in [0, 0.05) is 55.1 Å². The highest BCUT2D eigenvalue weighted by atomic mass is 35.5. The summed E-state index contributed by atoms with van der Waals surface area (Å²) in [6, 6.07) is 11.7. The fraction of sp³-hybridized carbons (Fsp3) is 0.375. The number of hydrogen-bond donors (Lipinski definition) is 0. The van der Waals surface area contributed by atoms with E-state index in [4.69, 9.17) is 11.6 Å². The second kappa shape index (κ2) is 9.19. The molecular formula is C24H24ClF2N5O. The van der Waals surface area contributed by atoms with Gasteiger partial charge in [-0.25, -0.2) is 18.4 Å². The fourth-order valence-corrected chi connectivity index (χ4v) is 5.38. The number of hydrogen-bond acceptors (Lipinski definition) is 4. The number of aromatic nitrogens is 3. The van der Waals surface area contributed by atoms with Gasteiger partial charge in [-0.1, -0.05) is 29.8 Å². The van der Waals surface area contributed by atoms with E-state index in [1.54, 1.807) is 6.07 Å². The van der Waals surface area contributed by atoms with Crippen LogP contribution in [0, 0.1) is 17.6 Å². The molecule has 0 spiro atoms. The number of likely N-dealkylation sites (tertiary alicyclic amines) is 2. The first kappa shape index (κ1) is 22.0. The standard InChI is InChI=1S/C24H24ClF2N5O/c25-17-3-1-16(2-4-17)10-31-11-20(19-6-5-18(26)9-22(19)27)21-12-30(8-7-23(21)31)24(33)13-32-15-28-14-29-32/h1-6,9,14-15,20-21,23H,7-8,10-13H2/t20-,21-,23-/m1/s1. The average molecular weight is 472 g/mol. The van der Waals surface area contributed by atoms with Crippen molar-refractivity contribution >= 4 is 17.5 Å². The lowest BCUT2D eigenvalue weighted by atomic mass is 9.81.